The highest BCUT2D eigenvalue weighted by molar-refractivity contribution is 5.90. The lowest BCUT2D eigenvalue weighted by Crippen LogP contribution is -2.51. The van der Waals surface area contributed by atoms with Crippen LogP contribution in [0.4, 0.5) is 0 Å². The molecule has 1 fully saturated rings. The molecule has 19 heavy (non-hydrogen) atoms. The first-order valence-electron chi connectivity index (χ1n) is 7.09. The van der Waals surface area contributed by atoms with Gasteiger partial charge in [-0.1, -0.05) is 13.8 Å². The zero-order valence-corrected chi connectivity index (χ0v) is 11.7. The van der Waals surface area contributed by atoms with Crippen LogP contribution in [-0.2, 0) is 6.42 Å². The minimum Gasteiger partial charge on any atom is -0.331 e. The molecule has 6 heteroatoms. The summed E-state index contributed by atoms with van der Waals surface area (Å²) in [5, 5.41) is 6.87. The molecular formula is C13H23N5O. The third-order valence-corrected chi connectivity index (χ3v) is 3.83. The van der Waals surface area contributed by atoms with E-state index in [1.54, 1.807) is 0 Å². The number of piperidine rings is 1. The molecule has 0 bridgehead atoms. The topological polar surface area (TPSA) is 87.9 Å². The first-order chi connectivity index (χ1) is 9.17. The maximum atomic E-state index is 12.5. The quantitative estimate of drug-likeness (QED) is 0.848. The van der Waals surface area contributed by atoms with Gasteiger partial charge in [-0.25, -0.2) is 4.98 Å². The van der Waals surface area contributed by atoms with Crippen molar-refractivity contribution in [1.82, 2.24) is 20.1 Å². The van der Waals surface area contributed by atoms with Gasteiger partial charge in [-0.2, -0.15) is 0 Å². The van der Waals surface area contributed by atoms with E-state index in [4.69, 9.17) is 5.73 Å². The number of hydrogen-bond acceptors (Lipinski definition) is 4. The van der Waals surface area contributed by atoms with E-state index in [2.05, 4.69) is 29.0 Å². The number of hydrogen-bond donors (Lipinski definition) is 2. The number of H-pyrrole nitrogens is 1. The Morgan fingerprint density at radius 3 is 3.05 bits per heavy atom. The molecule has 1 aliphatic rings. The third kappa shape index (κ3) is 2.94. The number of likely N-dealkylation sites (tertiary alicyclic amines) is 1. The lowest BCUT2D eigenvalue weighted by atomic mass is 9.90. The Balaban J connectivity index is 2.12. The van der Waals surface area contributed by atoms with Crippen molar-refractivity contribution in [3.63, 3.8) is 0 Å². The van der Waals surface area contributed by atoms with Crippen molar-refractivity contribution in [2.75, 3.05) is 13.1 Å². The highest BCUT2D eigenvalue weighted by atomic mass is 16.2. The van der Waals surface area contributed by atoms with Crippen molar-refractivity contribution in [2.45, 2.75) is 45.6 Å². The lowest BCUT2D eigenvalue weighted by molar-refractivity contribution is 0.0520. The largest absolute Gasteiger partial charge is 0.331 e. The summed E-state index contributed by atoms with van der Waals surface area (Å²) >= 11 is 0. The minimum atomic E-state index is -0.0967. The van der Waals surface area contributed by atoms with Crippen molar-refractivity contribution in [3.05, 3.63) is 11.6 Å². The molecule has 0 radical (unpaired) electrons. The summed E-state index contributed by atoms with van der Waals surface area (Å²) in [7, 11) is 0. The van der Waals surface area contributed by atoms with Crippen molar-refractivity contribution < 1.29 is 4.79 Å². The number of aromatic amines is 1. The summed E-state index contributed by atoms with van der Waals surface area (Å²) in [6, 6.07) is 0.106. The molecule has 6 nitrogen and oxygen atoms in total. The average molecular weight is 265 g/mol. The molecule has 0 saturated carbocycles. The number of amides is 1. The van der Waals surface area contributed by atoms with E-state index in [-0.39, 0.29) is 17.8 Å². The van der Waals surface area contributed by atoms with Crippen LogP contribution in [0.25, 0.3) is 0 Å². The van der Waals surface area contributed by atoms with Crippen LogP contribution < -0.4 is 5.73 Å². The highest BCUT2D eigenvalue weighted by Gasteiger charge is 2.32. The van der Waals surface area contributed by atoms with Crippen LogP contribution in [0, 0.1) is 5.92 Å². The lowest BCUT2D eigenvalue weighted by Gasteiger charge is -2.38. The van der Waals surface area contributed by atoms with Crippen LogP contribution in [0.1, 0.15) is 49.6 Å². The maximum Gasteiger partial charge on any atom is 0.293 e. The fraction of sp³-hybridized carbons (Fsp3) is 0.769. The molecule has 0 aliphatic carbocycles. The van der Waals surface area contributed by atoms with E-state index in [1.807, 2.05) is 4.90 Å². The molecular weight excluding hydrogens is 242 g/mol. The van der Waals surface area contributed by atoms with E-state index in [9.17, 15) is 4.79 Å². The fourth-order valence-electron chi connectivity index (χ4n) is 2.73. The van der Waals surface area contributed by atoms with Gasteiger partial charge in [-0.3, -0.25) is 9.89 Å². The second-order valence-electron chi connectivity index (χ2n) is 5.28. The van der Waals surface area contributed by atoms with Gasteiger partial charge < -0.3 is 10.6 Å². The van der Waals surface area contributed by atoms with E-state index < -0.39 is 0 Å². The number of nitrogens with zero attached hydrogens (tertiary/aromatic N) is 3. The zero-order chi connectivity index (χ0) is 13.8. The van der Waals surface area contributed by atoms with Gasteiger partial charge in [0.05, 0.1) is 0 Å². The Hall–Kier alpha value is -1.43. The fourth-order valence-corrected chi connectivity index (χ4v) is 2.73. The molecule has 2 unspecified atom stereocenters. The summed E-state index contributed by atoms with van der Waals surface area (Å²) in [5.74, 6) is 1.40. The SMILES string of the molecule is CCCc1nc(C(=O)N2CCCC(C)C2CN)n[nH]1. The number of nitrogens with one attached hydrogen (secondary N) is 1. The Morgan fingerprint density at radius 1 is 1.58 bits per heavy atom. The molecule has 1 aromatic rings. The van der Waals surface area contributed by atoms with Gasteiger partial charge >= 0.3 is 0 Å². The van der Waals surface area contributed by atoms with Crippen molar-refractivity contribution in [1.29, 1.82) is 0 Å². The Kier molecular flexibility index (Phi) is 4.52. The monoisotopic (exact) mass is 265 g/mol. The molecule has 0 spiro atoms. The van der Waals surface area contributed by atoms with Crippen LogP contribution in [0.3, 0.4) is 0 Å². The first-order valence-corrected chi connectivity index (χ1v) is 7.09. The highest BCUT2D eigenvalue weighted by Crippen LogP contribution is 2.23. The Labute approximate surface area is 113 Å². The number of carbonyl (C=O) groups excluding carboxylic acids is 1. The number of nitrogens with two attached hydrogens (primary N) is 1. The third-order valence-electron chi connectivity index (χ3n) is 3.83. The van der Waals surface area contributed by atoms with E-state index in [1.165, 1.54) is 0 Å². The van der Waals surface area contributed by atoms with Gasteiger partial charge in [0.15, 0.2) is 0 Å². The van der Waals surface area contributed by atoms with Crippen molar-refractivity contribution in [2.24, 2.45) is 11.7 Å². The summed E-state index contributed by atoms with van der Waals surface area (Å²) in [6.07, 6.45) is 3.95. The van der Waals surface area contributed by atoms with Crippen molar-refractivity contribution >= 4 is 5.91 Å². The van der Waals surface area contributed by atoms with Gasteiger partial charge in [0.1, 0.15) is 5.82 Å². The van der Waals surface area contributed by atoms with E-state index in [0.717, 1.165) is 38.1 Å². The molecule has 1 amide bonds. The summed E-state index contributed by atoms with van der Waals surface area (Å²) < 4.78 is 0. The van der Waals surface area contributed by atoms with Gasteiger partial charge in [0.25, 0.3) is 5.91 Å². The van der Waals surface area contributed by atoms with Gasteiger partial charge in [0, 0.05) is 25.6 Å². The van der Waals surface area contributed by atoms with Crippen LogP contribution in [0.15, 0.2) is 0 Å². The van der Waals surface area contributed by atoms with Crippen LogP contribution in [-0.4, -0.2) is 45.1 Å². The molecule has 1 aromatic heterocycles. The molecule has 0 aromatic carbocycles. The van der Waals surface area contributed by atoms with Crippen LogP contribution in [0.2, 0.25) is 0 Å². The summed E-state index contributed by atoms with van der Waals surface area (Å²) in [5.41, 5.74) is 5.81. The number of carbonyl (C=O) groups is 1. The number of aromatic nitrogens is 3. The van der Waals surface area contributed by atoms with Gasteiger partial charge in [-0.15, -0.1) is 5.10 Å². The average Bonchev–Trinajstić information content (AvgIpc) is 2.86. The summed E-state index contributed by atoms with van der Waals surface area (Å²) in [6.45, 7) is 5.47. The predicted octanol–water partition coefficient (Wildman–Crippen LogP) is 0.957. The smallest absolute Gasteiger partial charge is 0.293 e. The molecule has 3 N–H and O–H groups in total. The van der Waals surface area contributed by atoms with Crippen LogP contribution >= 0.6 is 0 Å². The molecule has 2 atom stereocenters. The molecule has 1 saturated heterocycles. The van der Waals surface area contributed by atoms with Gasteiger partial charge in [0.2, 0.25) is 5.82 Å². The predicted molar refractivity (Wildman–Crippen MR) is 72.7 cm³/mol. The maximum absolute atomic E-state index is 12.5. The Bertz CT molecular complexity index is 430. The van der Waals surface area contributed by atoms with Crippen molar-refractivity contribution in [3.8, 4) is 0 Å². The first kappa shape index (κ1) is 14.0. The molecule has 1 aliphatic heterocycles. The second kappa shape index (κ2) is 6.14. The molecule has 2 rings (SSSR count). The van der Waals surface area contributed by atoms with Gasteiger partial charge in [-0.05, 0) is 25.2 Å². The summed E-state index contributed by atoms with van der Waals surface area (Å²) in [4.78, 5) is 18.6. The standard InChI is InChI=1S/C13H23N5O/c1-3-5-11-15-12(17-16-11)13(19)18-7-4-6-9(2)10(18)8-14/h9-10H,3-8,14H2,1-2H3,(H,15,16,17). The zero-order valence-electron chi connectivity index (χ0n) is 11.7. The van der Waals surface area contributed by atoms with E-state index in [0.29, 0.717) is 12.5 Å². The molecule has 2 heterocycles. The number of aryl methyl sites for hydroxylation is 1. The normalized spacial score (nSPS) is 23.6. The Morgan fingerprint density at radius 2 is 2.37 bits per heavy atom. The molecule has 106 valence electrons. The number of rotatable bonds is 4. The van der Waals surface area contributed by atoms with E-state index >= 15 is 0 Å². The second-order valence-corrected chi connectivity index (χ2v) is 5.28. The van der Waals surface area contributed by atoms with Crippen LogP contribution in [0.5, 0.6) is 0 Å². The minimum absolute atomic E-state index is 0.0967.